The molecule has 0 aromatic carbocycles. The van der Waals surface area contributed by atoms with Crippen LogP contribution in [0.5, 0.6) is 0 Å². The zero-order valence-corrected chi connectivity index (χ0v) is 9.58. The first-order valence-electron chi connectivity index (χ1n) is 5.01. The van der Waals surface area contributed by atoms with Crippen LogP contribution in [-0.2, 0) is 6.42 Å². The molecule has 1 N–H and O–H groups in total. The fourth-order valence-corrected chi connectivity index (χ4v) is 2.38. The van der Waals surface area contributed by atoms with Gasteiger partial charge in [-0.25, -0.2) is 0 Å². The second-order valence-electron chi connectivity index (χ2n) is 3.57. The van der Waals surface area contributed by atoms with Gasteiger partial charge in [-0.2, -0.15) is 0 Å². The molecule has 0 bridgehead atoms. The average Bonchev–Trinajstić information content (AvgIpc) is 2.48. The summed E-state index contributed by atoms with van der Waals surface area (Å²) in [6.45, 7) is 7.75. The van der Waals surface area contributed by atoms with E-state index in [2.05, 4.69) is 38.2 Å². The Bertz CT molecular complexity index is 242. The maximum Gasteiger partial charge on any atom is 0.00870 e. The standard InChI is InChI=1S/C11H19NS/c1-4-7-12-9(2)8-11-6-5-10(3)13-11/h5-6,9,12H,4,7-8H2,1-3H3. The van der Waals surface area contributed by atoms with Gasteiger partial charge in [0.2, 0.25) is 0 Å². The lowest BCUT2D eigenvalue weighted by Crippen LogP contribution is -2.28. The number of nitrogens with one attached hydrogen (secondary N) is 1. The molecule has 2 heteroatoms. The normalized spacial score (nSPS) is 13.2. The highest BCUT2D eigenvalue weighted by Crippen LogP contribution is 2.16. The summed E-state index contributed by atoms with van der Waals surface area (Å²) in [5.41, 5.74) is 0. The topological polar surface area (TPSA) is 12.0 Å². The van der Waals surface area contributed by atoms with Crippen molar-refractivity contribution in [3.8, 4) is 0 Å². The third-order valence-corrected chi connectivity index (χ3v) is 3.07. The van der Waals surface area contributed by atoms with Crippen LogP contribution in [0.1, 0.15) is 30.0 Å². The smallest absolute Gasteiger partial charge is 0.00870 e. The van der Waals surface area contributed by atoms with Crippen LogP contribution in [0.15, 0.2) is 12.1 Å². The van der Waals surface area contributed by atoms with Gasteiger partial charge in [-0.3, -0.25) is 0 Å². The lowest BCUT2D eigenvalue weighted by Gasteiger charge is -2.11. The van der Waals surface area contributed by atoms with E-state index in [1.54, 1.807) is 0 Å². The summed E-state index contributed by atoms with van der Waals surface area (Å²) in [7, 11) is 0. The van der Waals surface area contributed by atoms with Gasteiger partial charge >= 0.3 is 0 Å². The average molecular weight is 197 g/mol. The number of hydrogen-bond acceptors (Lipinski definition) is 2. The van der Waals surface area contributed by atoms with Crippen LogP contribution >= 0.6 is 11.3 Å². The van der Waals surface area contributed by atoms with Gasteiger partial charge in [0.1, 0.15) is 0 Å². The third-order valence-electron chi connectivity index (χ3n) is 2.05. The molecule has 0 radical (unpaired) electrons. The highest BCUT2D eigenvalue weighted by molar-refractivity contribution is 7.11. The molecule has 0 aliphatic heterocycles. The minimum atomic E-state index is 0.609. The van der Waals surface area contributed by atoms with E-state index in [-0.39, 0.29) is 0 Å². The molecular formula is C11H19NS. The largest absolute Gasteiger partial charge is 0.314 e. The maximum atomic E-state index is 3.50. The van der Waals surface area contributed by atoms with Crippen molar-refractivity contribution in [2.24, 2.45) is 0 Å². The minimum Gasteiger partial charge on any atom is -0.314 e. The first-order valence-corrected chi connectivity index (χ1v) is 5.82. The van der Waals surface area contributed by atoms with Crippen molar-refractivity contribution in [1.29, 1.82) is 0 Å². The van der Waals surface area contributed by atoms with Crippen LogP contribution in [0.2, 0.25) is 0 Å². The third kappa shape index (κ3) is 3.92. The summed E-state index contributed by atoms with van der Waals surface area (Å²) in [4.78, 5) is 2.91. The van der Waals surface area contributed by atoms with E-state index >= 15 is 0 Å². The van der Waals surface area contributed by atoms with Crippen molar-refractivity contribution < 1.29 is 0 Å². The Kier molecular flexibility index (Phi) is 4.46. The van der Waals surface area contributed by atoms with Crippen LogP contribution in [0.3, 0.4) is 0 Å². The molecule has 0 fully saturated rings. The van der Waals surface area contributed by atoms with Gasteiger partial charge in [0, 0.05) is 15.8 Å². The van der Waals surface area contributed by atoms with E-state index in [9.17, 15) is 0 Å². The van der Waals surface area contributed by atoms with Crippen molar-refractivity contribution >= 4 is 11.3 Å². The van der Waals surface area contributed by atoms with Crippen LogP contribution < -0.4 is 5.32 Å². The quantitative estimate of drug-likeness (QED) is 0.765. The predicted octanol–water partition coefficient (Wildman–Crippen LogP) is 2.99. The summed E-state index contributed by atoms with van der Waals surface area (Å²) < 4.78 is 0. The monoisotopic (exact) mass is 197 g/mol. The first-order chi connectivity index (χ1) is 6.22. The Balaban J connectivity index is 2.31. The fraction of sp³-hybridized carbons (Fsp3) is 0.636. The lowest BCUT2D eigenvalue weighted by molar-refractivity contribution is 0.546. The van der Waals surface area contributed by atoms with Crippen LogP contribution in [0, 0.1) is 6.92 Å². The Morgan fingerprint density at radius 3 is 2.77 bits per heavy atom. The van der Waals surface area contributed by atoms with Gasteiger partial charge in [0.05, 0.1) is 0 Å². The number of rotatable bonds is 5. The van der Waals surface area contributed by atoms with Gasteiger partial charge in [-0.1, -0.05) is 6.92 Å². The molecular weight excluding hydrogens is 178 g/mol. The van der Waals surface area contributed by atoms with Crippen molar-refractivity contribution in [2.45, 2.75) is 39.7 Å². The molecule has 0 saturated carbocycles. The molecule has 1 nitrogen and oxygen atoms in total. The van der Waals surface area contributed by atoms with Gasteiger partial charge < -0.3 is 5.32 Å². The molecule has 1 unspecified atom stereocenters. The van der Waals surface area contributed by atoms with E-state index < -0.39 is 0 Å². The molecule has 0 aliphatic carbocycles. The Morgan fingerprint density at radius 2 is 2.23 bits per heavy atom. The lowest BCUT2D eigenvalue weighted by atomic mass is 10.2. The van der Waals surface area contributed by atoms with E-state index in [0.717, 1.165) is 6.54 Å². The zero-order valence-electron chi connectivity index (χ0n) is 8.76. The van der Waals surface area contributed by atoms with Gasteiger partial charge in [-0.15, -0.1) is 11.3 Å². The van der Waals surface area contributed by atoms with E-state index in [0.29, 0.717) is 6.04 Å². The molecule has 74 valence electrons. The first kappa shape index (κ1) is 10.7. The highest BCUT2D eigenvalue weighted by atomic mass is 32.1. The molecule has 0 amide bonds. The molecule has 1 aromatic heterocycles. The summed E-state index contributed by atoms with van der Waals surface area (Å²) >= 11 is 1.91. The molecule has 0 aliphatic rings. The molecule has 1 aromatic rings. The number of hydrogen-bond donors (Lipinski definition) is 1. The summed E-state index contributed by atoms with van der Waals surface area (Å²) in [6, 6.07) is 5.05. The molecule has 0 spiro atoms. The Labute approximate surface area is 85.2 Å². The van der Waals surface area contributed by atoms with Crippen molar-refractivity contribution in [3.63, 3.8) is 0 Å². The van der Waals surface area contributed by atoms with E-state index in [1.807, 2.05) is 11.3 Å². The van der Waals surface area contributed by atoms with Crippen molar-refractivity contribution in [2.75, 3.05) is 6.54 Å². The van der Waals surface area contributed by atoms with Gasteiger partial charge in [-0.05, 0) is 45.4 Å². The number of aryl methyl sites for hydroxylation is 1. The summed E-state index contributed by atoms with van der Waals surface area (Å²) in [5.74, 6) is 0. The fourth-order valence-electron chi connectivity index (χ4n) is 1.36. The maximum absolute atomic E-state index is 3.50. The number of thiophene rings is 1. The molecule has 1 atom stereocenters. The summed E-state index contributed by atoms with van der Waals surface area (Å²) in [6.07, 6.45) is 2.38. The van der Waals surface area contributed by atoms with Gasteiger partial charge in [0.15, 0.2) is 0 Å². The van der Waals surface area contributed by atoms with Crippen LogP contribution in [0.25, 0.3) is 0 Å². The van der Waals surface area contributed by atoms with E-state index in [4.69, 9.17) is 0 Å². The molecule has 0 saturated heterocycles. The SMILES string of the molecule is CCCNC(C)Cc1ccc(C)s1. The van der Waals surface area contributed by atoms with E-state index in [1.165, 1.54) is 22.6 Å². The second-order valence-corrected chi connectivity index (χ2v) is 4.94. The second kappa shape index (κ2) is 5.40. The zero-order chi connectivity index (χ0) is 9.68. The highest BCUT2D eigenvalue weighted by Gasteiger charge is 2.03. The molecule has 1 rings (SSSR count). The Morgan fingerprint density at radius 1 is 1.46 bits per heavy atom. The summed E-state index contributed by atoms with van der Waals surface area (Å²) in [5, 5.41) is 3.50. The predicted molar refractivity (Wildman–Crippen MR) is 60.5 cm³/mol. The molecule has 13 heavy (non-hydrogen) atoms. The molecule has 1 heterocycles. The van der Waals surface area contributed by atoms with Gasteiger partial charge in [0.25, 0.3) is 0 Å². The van der Waals surface area contributed by atoms with Crippen LogP contribution in [0.4, 0.5) is 0 Å². The van der Waals surface area contributed by atoms with Crippen molar-refractivity contribution in [1.82, 2.24) is 5.32 Å². The minimum absolute atomic E-state index is 0.609. The van der Waals surface area contributed by atoms with Crippen molar-refractivity contribution in [3.05, 3.63) is 21.9 Å². The van der Waals surface area contributed by atoms with Crippen LogP contribution in [-0.4, -0.2) is 12.6 Å². The Hall–Kier alpha value is -0.340.